The second-order valence-corrected chi connectivity index (χ2v) is 6.10. The van der Waals surface area contributed by atoms with Crippen molar-refractivity contribution >= 4 is 0 Å². The van der Waals surface area contributed by atoms with Crippen molar-refractivity contribution in [2.75, 3.05) is 13.2 Å². The van der Waals surface area contributed by atoms with Crippen molar-refractivity contribution in [1.29, 1.82) is 0 Å². The predicted molar refractivity (Wildman–Crippen MR) is 93.3 cm³/mol. The van der Waals surface area contributed by atoms with E-state index in [1.165, 1.54) is 0 Å². The molecular weight excluding hydrogens is 316 g/mol. The van der Waals surface area contributed by atoms with E-state index in [2.05, 4.69) is 22.3 Å². The van der Waals surface area contributed by atoms with E-state index in [1.807, 2.05) is 42.5 Å². The number of rotatable bonds is 5. The molecule has 0 aliphatic carbocycles. The zero-order valence-electron chi connectivity index (χ0n) is 13.9. The van der Waals surface area contributed by atoms with E-state index in [9.17, 15) is 0 Å². The molecule has 0 unspecified atom stereocenters. The summed E-state index contributed by atoms with van der Waals surface area (Å²) in [4.78, 5) is 0. The van der Waals surface area contributed by atoms with Gasteiger partial charge >= 0.3 is 0 Å². The lowest BCUT2D eigenvalue weighted by Crippen LogP contribution is -2.15. The standard InChI is InChI=1S/C20H20N2O3/c1-2-7-15(8-3-1)17-10-4-5-11-18(17)24-14-19-21-22-20(25-19)16-9-6-12-23-13-16/h1-5,7-8,10-11,16H,6,9,12-14H2/t16-/m1/s1. The molecule has 1 aliphatic heterocycles. The van der Waals surface area contributed by atoms with Gasteiger partial charge < -0.3 is 13.9 Å². The van der Waals surface area contributed by atoms with Gasteiger partial charge in [-0.15, -0.1) is 10.2 Å². The van der Waals surface area contributed by atoms with Crippen LogP contribution < -0.4 is 4.74 Å². The first-order chi connectivity index (χ1) is 12.4. The molecule has 2 heterocycles. The topological polar surface area (TPSA) is 57.4 Å². The van der Waals surface area contributed by atoms with Crippen molar-refractivity contribution in [3.63, 3.8) is 0 Å². The van der Waals surface area contributed by atoms with Gasteiger partial charge in [-0.2, -0.15) is 0 Å². The molecule has 1 aliphatic rings. The third-order valence-corrected chi connectivity index (χ3v) is 4.32. The molecule has 2 aromatic carbocycles. The Bertz CT molecular complexity index is 811. The Morgan fingerprint density at radius 1 is 1.00 bits per heavy atom. The molecule has 4 rings (SSSR count). The van der Waals surface area contributed by atoms with Crippen molar-refractivity contribution < 1.29 is 13.9 Å². The number of ether oxygens (including phenoxy) is 2. The van der Waals surface area contributed by atoms with Crippen LogP contribution in [0.4, 0.5) is 0 Å². The summed E-state index contributed by atoms with van der Waals surface area (Å²) >= 11 is 0. The van der Waals surface area contributed by atoms with Crippen molar-refractivity contribution in [1.82, 2.24) is 10.2 Å². The maximum atomic E-state index is 5.95. The average molecular weight is 336 g/mol. The molecule has 1 saturated heterocycles. The molecule has 0 spiro atoms. The van der Waals surface area contributed by atoms with E-state index >= 15 is 0 Å². The minimum atomic E-state index is 0.201. The van der Waals surface area contributed by atoms with Crippen LogP contribution in [0.2, 0.25) is 0 Å². The van der Waals surface area contributed by atoms with Gasteiger partial charge in [0.15, 0.2) is 6.61 Å². The lowest BCUT2D eigenvalue weighted by Gasteiger charge is -2.18. The third-order valence-electron chi connectivity index (χ3n) is 4.32. The van der Waals surface area contributed by atoms with Crippen LogP contribution in [0.3, 0.4) is 0 Å². The fourth-order valence-corrected chi connectivity index (χ4v) is 3.01. The largest absolute Gasteiger partial charge is 0.483 e. The highest BCUT2D eigenvalue weighted by molar-refractivity contribution is 5.70. The second-order valence-electron chi connectivity index (χ2n) is 6.10. The SMILES string of the molecule is c1ccc(-c2ccccc2OCc2nnc([C@@H]3CCCOC3)o2)cc1. The van der Waals surface area contributed by atoms with E-state index in [0.29, 0.717) is 18.4 Å². The number of nitrogens with zero attached hydrogens (tertiary/aromatic N) is 2. The van der Waals surface area contributed by atoms with Gasteiger partial charge in [-0.05, 0) is 24.5 Å². The molecule has 5 heteroatoms. The summed E-state index contributed by atoms with van der Waals surface area (Å²) in [5.41, 5.74) is 2.16. The summed E-state index contributed by atoms with van der Waals surface area (Å²) in [7, 11) is 0. The van der Waals surface area contributed by atoms with Gasteiger partial charge in [0, 0.05) is 12.2 Å². The Morgan fingerprint density at radius 3 is 2.68 bits per heavy atom. The van der Waals surface area contributed by atoms with E-state index in [0.717, 1.165) is 36.3 Å². The number of hydrogen-bond donors (Lipinski definition) is 0. The van der Waals surface area contributed by atoms with Gasteiger partial charge in [0.2, 0.25) is 5.89 Å². The van der Waals surface area contributed by atoms with Crippen LogP contribution >= 0.6 is 0 Å². The maximum absolute atomic E-state index is 5.95. The Kier molecular flexibility index (Phi) is 4.74. The third kappa shape index (κ3) is 3.72. The molecular formula is C20H20N2O3. The highest BCUT2D eigenvalue weighted by Crippen LogP contribution is 2.30. The van der Waals surface area contributed by atoms with Crippen LogP contribution in [-0.2, 0) is 11.3 Å². The van der Waals surface area contributed by atoms with Gasteiger partial charge in [-0.25, -0.2) is 0 Å². The lowest BCUT2D eigenvalue weighted by atomic mass is 10.0. The first-order valence-electron chi connectivity index (χ1n) is 8.57. The summed E-state index contributed by atoms with van der Waals surface area (Å²) in [6.07, 6.45) is 2.06. The van der Waals surface area contributed by atoms with Crippen LogP contribution in [0, 0.1) is 0 Å². The fraction of sp³-hybridized carbons (Fsp3) is 0.300. The Morgan fingerprint density at radius 2 is 1.84 bits per heavy atom. The van der Waals surface area contributed by atoms with Crippen LogP contribution in [0.5, 0.6) is 5.75 Å². The Balaban J connectivity index is 1.46. The van der Waals surface area contributed by atoms with Crippen molar-refractivity contribution in [3.05, 3.63) is 66.4 Å². The zero-order valence-corrected chi connectivity index (χ0v) is 13.9. The molecule has 0 amide bonds. The molecule has 1 atom stereocenters. The molecule has 0 bridgehead atoms. The smallest absolute Gasteiger partial charge is 0.253 e. The Labute approximate surface area is 146 Å². The highest BCUT2D eigenvalue weighted by Gasteiger charge is 2.22. The number of hydrogen-bond acceptors (Lipinski definition) is 5. The first-order valence-corrected chi connectivity index (χ1v) is 8.57. The first kappa shape index (κ1) is 15.8. The van der Waals surface area contributed by atoms with E-state index in [1.54, 1.807) is 0 Å². The summed E-state index contributed by atoms with van der Waals surface area (Å²) in [6.45, 7) is 1.72. The molecule has 0 radical (unpaired) electrons. The van der Waals surface area contributed by atoms with Gasteiger partial charge in [0.1, 0.15) is 5.75 Å². The van der Waals surface area contributed by atoms with Crippen molar-refractivity contribution in [2.24, 2.45) is 0 Å². The molecule has 0 N–H and O–H groups in total. The fourth-order valence-electron chi connectivity index (χ4n) is 3.01. The molecule has 5 nitrogen and oxygen atoms in total. The van der Waals surface area contributed by atoms with Crippen LogP contribution in [0.1, 0.15) is 30.5 Å². The van der Waals surface area contributed by atoms with E-state index in [-0.39, 0.29) is 12.5 Å². The molecule has 0 saturated carbocycles. The normalized spacial score (nSPS) is 17.4. The molecule has 128 valence electrons. The van der Waals surface area contributed by atoms with Crippen molar-refractivity contribution in [2.45, 2.75) is 25.4 Å². The van der Waals surface area contributed by atoms with E-state index < -0.39 is 0 Å². The van der Waals surface area contributed by atoms with Gasteiger partial charge in [-0.3, -0.25) is 0 Å². The highest BCUT2D eigenvalue weighted by atomic mass is 16.5. The molecule has 1 aromatic heterocycles. The number of benzene rings is 2. The van der Waals surface area contributed by atoms with Crippen LogP contribution in [0.25, 0.3) is 11.1 Å². The van der Waals surface area contributed by atoms with Crippen molar-refractivity contribution in [3.8, 4) is 16.9 Å². The maximum Gasteiger partial charge on any atom is 0.253 e. The minimum Gasteiger partial charge on any atom is -0.483 e. The summed E-state index contributed by atoms with van der Waals surface area (Å²) in [5.74, 6) is 2.14. The summed E-state index contributed by atoms with van der Waals surface area (Å²) in [5, 5.41) is 8.27. The molecule has 25 heavy (non-hydrogen) atoms. The van der Waals surface area contributed by atoms with Crippen LogP contribution in [-0.4, -0.2) is 23.4 Å². The van der Waals surface area contributed by atoms with Gasteiger partial charge in [-0.1, -0.05) is 48.5 Å². The van der Waals surface area contributed by atoms with Crippen LogP contribution in [0.15, 0.2) is 59.0 Å². The Hall–Kier alpha value is -2.66. The zero-order chi connectivity index (χ0) is 16.9. The minimum absolute atomic E-state index is 0.201. The predicted octanol–water partition coefficient (Wildman–Crippen LogP) is 4.21. The van der Waals surface area contributed by atoms with E-state index in [4.69, 9.17) is 13.9 Å². The number of para-hydroxylation sites is 1. The molecule has 1 fully saturated rings. The number of aromatic nitrogens is 2. The second kappa shape index (κ2) is 7.49. The summed E-state index contributed by atoms with van der Waals surface area (Å²) < 4.78 is 17.2. The van der Waals surface area contributed by atoms with Gasteiger partial charge in [0.05, 0.1) is 12.5 Å². The lowest BCUT2D eigenvalue weighted by molar-refractivity contribution is 0.0717. The average Bonchev–Trinajstić information content (AvgIpc) is 3.17. The van der Waals surface area contributed by atoms with Gasteiger partial charge in [0.25, 0.3) is 5.89 Å². The summed E-state index contributed by atoms with van der Waals surface area (Å²) in [6, 6.07) is 18.1. The molecule has 3 aromatic rings. The monoisotopic (exact) mass is 336 g/mol. The quantitative estimate of drug-likeness (QED) is 0.698.